The molecule has 1 atom stereocenters. The lowest BCUT2D eigenvalue weighted by Gasteiger charge is -2.23. The number of benzene rings is 2. The van der Waals surface area contributed by atoms with E-state index in [1.807, 2.05) is 0 Å². The van der Waals surface area contributed by atoms with Gasteiger partial charge in [0.25, 0.3) is 0 Å². The van der Waals surface area contributed by atoms with Crippen LogP contribution in [0.5, 0.6) is 5.75 Å². The molecule has 0 fully saturated rings. The molecule has 2 aromatic rings. The van der Waals surface area contributed by atoms with Gasteiger partial charge in [-0.1, -0.05) is 41.9 Å². The molecule has 0 aromatic heterocycles. The molecule has 0 saturated carbocycles. The molecule has 0 aliphatic heterocycles. The summed E-state index contributed by atoms with van der Waals surface area (Å²) in [6.07, 6.45) is -0.105. The zero-order valence-corrected chi connectivity index (χ0v) is 13.0. The molecule has 0 heterocycles. The molecule has 0 saturated heterocycles. The first kappa shape index (κ1) is 17.0. The molecule has 0 aliphatic carbocycles. The lowest BCUT2D eigenvalue weighted by Crippen LogP contribution is -2.58. The molecule has 3 N–H and O–H groups in total. The Labute approximate surface area is 138 Å². The van der Waals surface area contributed by atoms with Crippen molar-refractivity contribution in [2.45, 2.75) is 12.0 Å². The summed E-state index contributed by atoms with van der Waals surface area (Å²) in [4.78, 5) is 23.8. The molecule has 0 bridgehead atoms. The number of ether oxygens (including phenoxy) is 1. The number of aliphatic carboxylic acids is 1. The standard InChI is InChI=1S/C17H16ClNO4/c18-13-6-8-14(9-7-13)23-11-15(20)17(19,16(21)22)10-12-4-2-1-3-5-12/h1-9H,10-11,19H2,(H,21,22). The third-order valence-corrected chi connectivity index (χ3v) is 3.64. The van der Waals surface area contributed by atoms with Gasteiger partial charge < -0.3 is 15.6 Å². The Kier molecular flexibility index (Phi) is 5.36. The van der Waals surface area contributed by atoms with Crippen molar-refractivity contribution >= 4 is 23.4 Å². The number of hydrogen-bond donors (Lipinski definition) is 2. The van der Waals surface area contributed by atoms with Crippen LogP contribution >= 0.6 is 11.6 Å². The second-order valence-electron chi connectivity index (χ2n) is 5.10. The summed E-state index contributed by atoms with van der Waals surface area (Å²) in [6.45, 7) is -0.433. The van der Waals surface area contributed by atoms with Gasteiger partial charge in [-0.3, -0.25) is 4.79 Å². The molecule has 2 rings (SSSR count). The summed E-state index contributed by atoms with van der Waals surface area (Å²) in [6, 6.07) is 15.1. The molecule has 120 valence electrons. The van der Waals surface area contributed by atoms with Crippen molar-refractivity contribution < 1.29 is 19.4 Å². The largest absolute Gasteiger partial charge is 0.486 e. The number of Topliss-reactive ketones (excluding diaryl/α,β-unsaturated/α-hetero) is 1. The number of ketones is 1. The van der Waals surface area contributed by atoms with Gasteiger partial charge in [0.2, 0.25) is 5.78 Å². The van der Waals surface area contributed by atoms with E-state index >= 15 is 0 Å². The third kappa shape index (κ3) is 4.31. The van der Waals surface area contributed by atoms with Crippen molar-refractivity contribution in [1.29, 1.82) is 0 Å². The van der Waals surface area contributed by atoms with Crippen molar-refractivity contribution in [3.63, 3.8) is 0 Å². The summed E-state index contributed by atoms with van der Waals surface area (Å²) in [5.74, 6) is -1.68. The fourth-order valence-corrected chi connectivity index (χ4v) is 2.15. The van der Waals surface area contributed by atoms with Crippen LogP contribution in [-0.2, 0) is 16.0 Å². The van der Waals surface area contributed by atoms with Crippen LogP contribution in [-0.4, -0.2) is 29.0 Å². The Hall–Kier alpha value is -2.37. The van der Waals surface area contributed by atoms with E-state index < -0.39 is 23.9 Å². The minimum Gasteiger partial charge on any atom is -0.486 e. The van der Waals surface area contributed by atoms with E-state index in [-0.39, 0.29) is 6.42 Å². The van der Waals surface area contributed by atoms with Crippen LogP contribution in [0.2, 0.25) is 5.02 Å². The van der Waals surface area contributed by atoms with Crippen molar-refractivity contribution in [3.8, 4) is 5.75 Å². The fourth-order valence-electron chi connectivity index (χ4n) is 2.02. The molecule has 23 heavy (non-hydrogen) atoms. The second kappa shape index (κ2) is 7.26. The Morgan fingerprint density at radius 1 is 1.09 bits per heavy atom. The highest BCUT2D eigenvalue weighted by Gasteiger charge is 2.42. The van der Waals surface area contributed by atoms with Crippen LogP contribution in [0.4, 0.5) is 0 Å². The predicted octanol–water partition coefficient (Wildman–Crippen LogP) is 2.31. The maximum absolute atomic E-state index is 12.3. The quantitative estimate of drug-likeness (QED) is 0.759. The van der Waals surface area contributed by atoms with E-state index in [1.54, 1.807) is 54.6 Å². The normalized spacial score (nSPS) is 13.1. The summed E-state index contributed by atoms with van der Waals surface area (Å²) in [5, 5.41) is 9.91. The topological polar surface area (TPSA) is 89.6 Å². The van der Waals surface area contributed by atoms with Crippen molar-refractivity contribution in [2.24, 2.45) is 5.73 Å². The molecule has 0 aliphatic rings. The van der Waals surface area contributed by atoms with Gasteiger partial charge in [-0.05, 0) is 29.8 Å². The van der Waals surface area contributed by atoms with Gasteiger partial charge in [-0.2, -0.15) is 0 Å². The average Bonchev–Trinajstić information content (AvgIpc) is 2.54. The van der Waals surface area contributed by atoms with E-state index in [1.165, 1.54) is 0 Å². The highest BCUT2D eigenvalue weighted by atomic mass is 35.5. The monoisotopic (exact) mass is 333 g/mol. The number of halogens is 1. The van der Waals surface area contributed by atoms with Gasteiger partial charge in [-0.15, -0.1) is 0 Å². The highest BCUT2D eigenvalue weighted by Crippen LogP contribution is 2.17. The van der Waals surface area contributed by atoms with E-state index in [0.717, 1.165) is 0 Å². The Morgan fingerprint density at radius 2 is 1.70 bits per heavy atom. The van der Waals surface area contributed by atoms with Gasteiger partial charge in [0, 0.05) is 11.4 Å². The lowest BCUT2D eigenvalue weighted by atomic mass is 9.88. The molecule has 0 radical (unpaired) electrons. The van der Waals surface area contributed by atoms with Crippen LogP contribution in [0.25, 0.3) is 0 Å². The van der Waals surface area contributed by atoms with Gasteiger partial charge in [0.05, 0.1) is 0 Å². The van der Waals surface area contributed by atoms with Gasteiger partial charge in [-0.25, -0.2) is 4.79 Å². The second-order valence-corrected chi connectivity index (χ2v) is 5.54. The Balaban J connectivity index is 2.08. The van der Waals surface area contributed by atoms with Crippen LogP contribution in [0.15, 0.2) is 54.6 Å². The molecule has 1 unspecified atom stereocenters. The average molecular weight is 334 g/mol. The van der Waals surface area contributed by atoms with E-state index in [2.05, 4.69) is 0 Å². The maximum Gasteiger partial charge on any atom is 0.331 e. The fraction of sp³-hybridized carbons (Fsp3) is 0.176. The third-order valence-electron chi connectivity index (χ3n) is 3.39. The minimum atomic E-state index is -2.03. The van der Waals surface area contributed by atoms with Crippen LogP contribution in [0.1, 0.15) is 5.56 Å². The number of carboxylic acid groups (broad SMARTS) is 1. The summed E-state index contributed by atoms with van der Waals surface area (Å²) in [5.41, 5.74) is 4.48. The van der Waals surface area contributed by atoms with Crippen molar-refractivity contribution in [1.82, 2.24) is 0 Å². The Bertz CT molecular complexity index is 687. The van der Waals surface area contributed by atoms with Crippen molar-refractivity contribution in [3.05, 3.63) is 65.2 Å². The Morgan fingerprint density at radius 3 is 2.26 bits per heavy atom. The predicted molar refractivity (Wildman–Crippen MR) is 86.7 cm³/mol. The minimum absolute atomic E-state index is 0.105. The maximum atomic E-state index is 12.3. The first-order valence-electron chi connectivity index (χ1n) is 6.90. The van der Waals surface area contributed by atoms with Gasteiger partial charge in [0.1, 0.15) is 12.4 Å². The van der Waals surface area contributed by atoms with Crippen LogP contribution < -0.4 is 10.5 Å². The van der Waals surface area contributed by atoms with Gasteiger partial charge in [0.15, 0.2) is 5.54 Å². The molecule has 5 nitrogen and oxygen atoms in total. The molecule has 2 aromatic carbocycles. The zero-order valence-electron chi connectivity index (χ0n) is 12.2. The zero-order chi connectivity index (χ0) is 16.9. The molecular weight excluding hydrogens is 318 g/mol. The summed E-state index contributed by atoms with van der Waals surface area (Å²) < 4.78 is 5.31. The van der Waals surface area contributed by atoms with E-state index in [9.17, 15) is 14.7 Å². The number of hydrogen-bond acceptors (Lipinski definition) is 4. The van der Waals surface area contributed by atoms with Crippen molar-refractivity contribution in [2.75, 3.05) is 6.61 Å². The summed E-state index contributed by atoms with van der Waals surface area (Å²) >= 11 is 5.76. The molecule has 0 spiro atoms. The highest BCUT2D eigenvalue weighted by molar-refractivity contribution is 6.30. The van der Waals surface area contributed by atoms with Crippen LogP contribution in [0, 0.1) is 0 Å². The SMILES string of the molecule is NC(Cc1ccccc1)(C(=O)O)C(=O)COc1ccc(Cl)cc1. The number of carboxylic acids is 1. The number of carbonyl (C=O) groups excluding carboxylic acids is 1. The smallest absolute Gasteiger partial charge is 0.331 e. The van der Waals surface area contributed by atoms with E-state index in [0.29, 0.717) is 16.3 Å². The first-order chi connectivity index (χ1) is 10.9. The molecule has 6 heteroatoms. The van der Waals surface area contributed by atoms with E-state index in [4.69, 9.17) is 22.1 Å². The number of rotatable bonds is 7. The molecule has 0 amide bonds. The lowest BCUT2D eigenvalue weighted by molar-refractivity contribution is -0.149. The molecular formula is C17H16ClNO4. The van der Waals surface area contributed by atoms with Gasteiger partial charge >= 0.3 is 5.97 Å². The first-order valence-corrected chi connectivity index (χ1v) is 7.27. The summed E-state index contributed by atoms with van der Waals surface area (Å²) in [7, 11) is 0. The number of carbonyl (C=O) groups is 2. The van der Waals surface area contributed by atoms with Crippen LogP contribution in [0.3, 0.4) is 0 Å². The number of nitrogens with two attached hydrogens (primary N) is 1.